The van der Waals surface area contributed by atoms with Gasteiger partial charge in [-0.2, -0.15) is 0 Å². The summed E-state index contributed by atoms with van der Waals surface area (Å²) in [5.74, 6) is 2.79. The lowest BCUT2D eigenvalue weighted by atomic mass is 10.0. The van der Waals surface area contributed by atoms with E-state index in [1.165, 1.54) is 63.2 Å². The third-order valence-corrected chi connectivity index (χ3v) is 5.94. The molecule has 0 amide bonds. The first-order valence-corrected chi connectivity index (χ1v) is 12.6. The Hall–Kier alpha value is -1.41. The summed E-state index contributed by atoms with van der Waals surface area (Å²) in [6, 6.07) is 10.6. The quantitative estimate of drug-likeness (QED) is 0.183. The molecule has 2 aromatic rings. The Morgan fingerprint density at radius 1 is 0.700 bits per heavy atom. The van der Waals surface area contributed by atoms with Gasteiger partial charge in [0.2, 0.25) is 0 Å². The second-order valence-corrected chi connectivity index (χ2v) is 8.72. The van der Waals surface area contributed by atoms with Crippen LogP contribution in [0.15, 0.2) is 30.3 Å². The molecule has 0 aliphatic heterocycles. The Bertz CT molecular complexity index is 713. The van der Waals surface area contributed by atoms with Crippen LogP contribution in [0.3, 0.4) is 0 Å². The zero-order valence-corrected chi connectivity index (χ0v) is 19.9. The number of fused-ring (bicyclic) bond motifs is 1. The molecule has 0 radical (unpaired) electrons. The molecule has 0 N–H and O–H groups in total. The molecule has 0 bridgehead atoms. The summed E-state index contributed by atoms with van der Waals surface area (Å²) in [5.41, 5.74) is 1.16. The smallest absolute Gasteiger partial charge is 0.130 e. The van der Waals surface area contributed by atoms with Crippen molar-refractivity contribution in [2.75, 3.05) is 19.1 Å². The van der Waals surface area contributed by atoms with Crippen LogP contribution in [0, 0.1) is 6.92 Å². The van der Waals surface area contributed by atoms with E-state index in [2.05, 4.69) is 44.2 Å². The fourth-order valence-electron chi connectivity index (χ4n) is 3.90. The van der Waals surface area contributed by atoms with Crippen LogP contribution >= 0.6 is 11.6 Å². The van der Waals surface area contributed by atoms with Crippen molar-refractivity contribution in [2.45, 2.75) is 90.9 Å². The zero-order chi connectivity index (χ0) is 21.4. The van der Waals surface area contributed by atoms with Gasteiger partial charge in [0, 0.05) is 16.7 Å². The van der Waals surface area contributed by atoms with Gasteiger partial charge in [-0.1, -0.05) is 89.0 Å². The van der Waals surface area contributed by atoms with E-state index in [9.17, 15) is 0 Å². The Morgan fingerprint density at radius 2 is 1.27 bits per heavy atom. The fourth-order valence-corrected chi connectivity index (χ4v) is 4.09. The van der Waals surface area contributed by atoms with Gasteiger partial charge in [-0.05, 0) is 37.8 Å². The molecule has 0 aromatic heterocycles. The first-order valence-electron chi connectivity index (χ1n) is 12.1. The first-order chi connectivity index (χ1) is 14.8. The van der Waals surface area contributed by atoms with Gasteiger partial charge in [0.05, 0.1) is 13.2 Å². The largest absolute Gasteiger partial charge is 0.493 e. The first kappa shape index (κ1) is 24.9. The number of aryl methyl sites for hydroxylation is 1. The van der Waals surface area contributed by atoms with Crippen molar-refractivity contribution in [3.63, 3.8) is 0 Å². The van der Waals surface area contributed by atoms with Crippen LogP contribution in [0.1, 0.15) is 89.5 Å². The number of halogens is 1. The molecule has 0 aliphatic carbocycles. The maximum absolute atomic E-state index is 6.24. The normalized spacial score (nSPS) is 11.2. The zero-order valence-electron chi connectivity index (χ0n) is 19.2. The number of benzene rings is 2. The number of alkyl halides is 1. The molecule has 3 heteroatoms. The maximum Gasteiger partial charge on any atom is 0.130 e. The van der Waals surface area contributed by atoms with Crippen molar-refractivity contribution < 1.29 is 9.47 Å². The Balaban J connectivity index is 1.85. The van der Waals surface area contributed by atoms with E-state index in [1.807, 2.05) is 0 Å². The lowest BCUT2D eigenvalue weighted by Crippen LogP contribution is -2.02. The van der Waals surface area contributed by atoms with Gasteiger partial charge in [-0.15, -0.1) is 11.6 Å². The predicted molar refractivity (Wildman–Crippen MR) is 131 cm³/mol. The van der Waals surface area contributed by atoms with Crippen LogP contribution in [0.2, 0.25) is 0 Å². The monoisotopic (exact) mass is 432 g/mol. The minimum atomic E-state index is 0.775. The van der Waals surface area contributed by atoms with Crippen LogP contribution in [0.25, 0.3) is 10.8 Å². The minimum Gasteiger partial charge on any atom is -0.493 e. The van der Waals surface area contributed by atoms with Crippen LogP contribution in [-0.4, -0.2) is 19.1 Å². The second-order valence-electron chi connectivity index (χ2n) is 8.34. The molecule has 0 aliphatic rings. The lowest BCUT2D eigenvalue weighted by molar-refractivity contribution is 0.300. The molecular formula is C27H41ClO2. The average Bonchev–Trinajstić information content (AvgIpc) is 2.76. The maximum atomic E-state index is 6.24. The molecule has 2 rings (SSSR count). The van der Waals surface area contributed by atoms with Gasteiger partial charge in [0.1, 0.15) is 11.5 Å². The van der Waals surface area contributed by atoms with Crippen molar-refractivity contribution in [2.24, 2.45) is 0 Å². The van der Waals surface area contributed by atoms with Crippen molar-refractivity contribution in [1.29, 1.82) is 0 Å². The number of hydrogen-bond donors (Lipinski definition) is 0. The lowest BCUT2D eigenvalue weighted by Gasteiger charge is -2.16. The van der Waals surface area contributed by atoms with Crippen molar-refractivity contribution in [1.82, 2.24) is 0 Å². The van der Waals surface area contributed by atoms with E-state index < -0.39 is 0 Å². The number of hydrogen-bond acceptors (Lipinski definition) is 2. The van der Waals surface area contributed by atoms with Crippen molar-refractivity contribution in [3.8, 4) is 11.5 Å². The van der Waals surface area contributed by atoms with E-state index in [1.54, 1.807) is 0 Å². The standard InChI is InChI=1S/C27H41ClO2/c1-3-4-5-6-10-16-21-30-27-23(2)22-26(24-17-12-13-18-25(24)27)29-20-15-11-8-7-9-14-19-28/h12-13,17-18,22H,3-11,14-16,19-21H2,1-2H3. The van der Waals surface area contributed by atoms with Crippen LogP contribution < -0.4 is 9.47 Å². The highest BCUT2D eigenvalue weighted by Crippen LogP contribution is 2.36. The van der Waals surface area contributed by atoms with Crippen LogP contribution in [0.4, 0.5) is 0 Å². The van der Waals surface area contributed by atoms with E-state index >= 15 is 0 Å². The molecule has 30 heavy (non-hydrogen) atoms. The summed E-state index contributed by atoms with van der Waals surface area (Å²) in [4.78, 5) is 0. The Morgan fingerprint density at radius 3 is 1.93 bits per heavy atom. The van der Waals surface area contributed by atoms with Crippen LogP contribution in [-0.2, 0) is 0 Å². The number of ether oxygens (including phenoxy) is 2. The molecule has 0 unspecified atom stereocenters. The second kappa shape index (κ2) is 15.4. The summed E-state index contributed by atoms with van der Waals surface area (Å²) in [5, 5.41) is 2.32. The molecule has 0 atom stereocenters. The van der Waals surface area contributed by atoms with Gasteiger partial charge in [-0.3, -0.25) is 0 Å². The minimum absolute atomic E-state index is 0.775. The topological polar surface area (TPSA) is 18.5 Å². The molecule has 0 saturated heterocycles. The molecule has 168 valence electrons. The van der Waals surface area contributed by atoms with E-state index in [4.69, 9.17) is 21.1 Å². The van der Waals surface area contributed by atoms with E-state index in [0.29, 0.717) is 0 Å². The molecule has 0 spiro atoms. The number of rotatable bonds is 17. The summed E-state index contributed by atoms with van der Waals surface area (Å²) >= 11 is 5.73. The highest BCUT2D eigenvalue weighted by Gasteiger charge is 2.11. The summed E-state index contributed by atoms with van der Waals surface area (Å²) in [7, 11) is 0. The highest BCUT2D eigenvalue weighted by molar-refractivity contribution is 6.17. The summed E-state index contributed by atoms with van der Waals surface area (Å²) in [6.07, 6.45) is 14.9. The molecular weight excluding hydrogens is 392 g/mol. The highest BCUT2D eigenvalue weighted by atomic mass is 35.5. The van der Waals surface area contributed by atoms with E-state index in [-0.39, 0.29) is 0 Å². The van der Waals surface area contributed by atoms with Crippen molar-refractivity contribution >= 4 is 22.4 Å². The van der Waals surface area contributed by atoms with Crippen molar-refractivity contribution in [3.05, 3.63) is 35.9 Å². The van der Waals surface area contributed by atoms with Gasteiger partial charge in [0.25, 0.3) is 0 Å². The molecule has 0 fully saturated rings. The molecule has 0 saturated carbocycles. The molecule has 2 nitrogen and oxygen atoms in total. The van der Waals surface area contributed by atoms with Gasteiger partial charge >= 0.3 is 0 Å². The molecule has 0 heterocycles. The van der Waals surface area contributed by atoms with Crippen LogP contribution in [0.5, 0.6) is 11.5 Å². The predicted octanol–water partition coefficient (Wildman–Crippen LogP) is 8.85. The summed E-state index contributed by atoms with van der Waals surface area (Å²) < 4.78 is 12.4. The summed E-state index contributed by atoms with van der Waals surface area (Å²) in [6.45, 7) is 5.96. The Kier molecular flexibility index (Phi) is 12.8. The molecule has 2 aromatic carbocycles. The van der Waals surface area contributed by atoms with Gasteiger partial charge in [0.15, 0.2) is 0 Å². The fraction of sp³-hybridized carbons (Fsp3) is 0.630. The average molecular weight is 433 g/mol. The number of unbranched alkanes of at least 4 members (excludes halogenated alkanes) is 10. The SMILES string of the molecule is CCCCCCCCOc1c(C)cc(OCCCCCCCCCl)c2ccccc12. The third kappa shape index (κ3) is 8.76. The third-order valence-electron chi connectivity index (χ3n) is 5.67. The van der Waals surface area contributed by atoms with Gasteiger partial charge < -0.3 is 9.47 Å². The van der Waals surface area contributed by atoms with E-state index in [0.717, 1.165) is 60.8 Å². The van der Waals surface area contributed by atoms with Gasteiger partial charge in [-0.25, -0.2) is 0 Å². The Labute approximate surface area is 189 Å².